The second-order valence-corrected chi connectivity index (χ2v) is 4.92. The number of hydrogen-bond acceptors (Lipinski definition) is 4. The molecule has 0 saturated carbocycles. The van der Waals surface area contributed by atoms with Gasteiger partial charge in [-0.2, -0.15) is 0 Å². The summed E-state index contributed by atoms with van der Waals surface area (Å²) in [6.45, 7) is 7.75. The Labute approximate surface area is 101 Å². The number of nitrogens with zero attached hydrogens (tertiary/aromatic N) is 1. The molecule has 2 rings (SSSR count). The first-order chi connectivity index (χ1) is 8.01. The zero-order valence-electron chi connectivity index (χ0n) is 10.6. The smallest absolute Gasteiger partial charge is 0.227 e. The van der Waals surface area contributed by atoms with E-state index in [9.17, 15) is 4.79 Å². The van der Waals surface area contributed by atoms with Crippen molar-refractivity contribution < 1.29 is 9.21 Å². The van der Waals surface area contributed by atoms with Crippen LogP contribution in [0.1, 0.15) is 30.7 Å². The second kappa shape index (κ2) is 4.49. The van der Waals surface area contributed by atoms with Crippen LogP contribution in [0.15, 0.2) is 4.42 Å². The SMILES string of the molecule is Cc1nc(CNC(=O)C2(C)CCNC2)oc1C. The molecular formula is C12H19N3O2. The van der Waals surface area contributed by atoms with Gasteiger partial charge in [-0.25, -0.2) is 4.98 Å². The summed E-state index contributed by atoms with van der Waals surface area (Å²) in [6, 6.07) is 0. The highest BCUT2D eigenvalue weighted by Crippen LogP contribution is 2.24. The molecule has 94 valence electrons. The number of aryl methyl sites for hydroxylation is 2. The van der Waals surface area contributed by atoms with Crippen molar-refractivity contribution in [3.63, 3.8) is 0 Å². The predicted molar refractivity (Wildman–Crippen MR) is 63.4 cm³/mol. The molecular weight excluding hydrogens is 218 g/mol. The fourth-order valence-electron chi connectivity index (χ4n) is 1.99. The summed E-state index contributed by atoms with van der Waals surface area (Å²) in [4.78, 5) is 16.2. The zero-order valence-corrected chi connectivity index (χ0v) is 10.6. The molecule has 1 aliphatic heterocycles. The molecule has 0 aromatic carbocycles. The van der Waals surface area contributed by atoms with Gasteiger partial charge < -0.3 is 15.1 Å². The fraction of sp³-hybridized carbons (Fsp3) is 0.667. The summed E-state index contributed by atoms with van der Waals surface area (Å²) in [7, 11) is 0. The predicted octanol–water partition coefficient (Wildman–Crippen LogP) is 0.907. The third-order valence-corrected chi connectivity index (χ3v) is 3.39. The number of oxazole rings is 1. The number of nitrogens with one attached hydrogen (secondary N) is 2. The number of aromatic nitrogens is 1. The van der Waals surface area contributed by atoms with E-state index in [-0.39, 0.29) is 11.3 Å². The van der Waals surface area contributed by atoms with E-state index in [4.69, 9.17) is 4.42 Å². The van der Waals surface area contributed by atoms with Crippen LogP contribution in [-0.2, 0) is 11.3 Å². The zero-order chi connectivity index (χ0) is 12.5. The van der Waals surface area contributed by atoms with Crippen LogP contribution in [0.2, 0.25) is 0 Å². The maximum Gasteiger partial charge on any atom is 0.227 e. The van der Waals surface area contributed by atoms with Gasteiger partial charge in [-0.3, -0.25) is 4.79 Å². The third-order valence-electron chi connectivity index (χ3n) is 3.39. The maximum atomic E-state index is 12.0. The van der Waals surface area contributed by atoms with E-state index >= 15 is 0 Å². The van der Waals surface area contributed by atoms with Crippen molar-refractivity contribution >= 4 is 5.91 Å². The lowest BCUT2D eigenvalue weighted by atomic mass is 9.89. The van der Waals surface area contributed by atoms with E-state index < -0.39 is 0 Å². The lowest BCUT2D eigenvalue weighted by Gasteiger charge is -2.20. The first-order valence-corrected chi connectivity index (χ1v) is 5.93. The molecule has 1 atom stereocenters. The average molecular weight is 237 g/mol. The van der Waals surface area contributed by atoms with Gasteiger partial charge in [0.1, 0.15) is 5.76 Å². The summed E-state index contributed by atoms with van der Waals surface area (Å²) in [6.07, 6.45) is 0.877. The molecule has 5 nitrogen and oxygen atoms in total. The Morgan fingerprint density at radius 3 is 2.88 bits per heavy atom. The van der Waals surface area contributed by atoms with E-state index in [0.717, 1.165) is 31.0 Å². The van der Waals surface area contributed by atoms with Gasteiger partial charge in [0.05, 0.1) is 17.7 Å². The molecule has 1 unspecified atom stereocenters. The monoisotopic (exact) mass is 237 g/mol. The lowest BCUT2D eigenvalue weighted by Crippen LogP contribution is -2.40. The van der Waals surface area contributed by atoms with E-state index in [0.29, 0.717) is 12.4 Å². The third kappa shape index (κ3) is 2.49. The van der Waals surface area contributed by atoms with Gasteiger partial charge in [-0.1, -0.05) is 0 Å². The Hall–Kier alpha value is -1.36. The van der Waals surface area contributed by atoms with Crippen LogP contribution in [0.5, 0.6) is 0 Å². The molecule has 2 heterocycles. The Bertz CT molecular complexity index is 400. The molecule has 1 fully saturated rings. The van der Waals surface area contributed by atoms with E-state index in [1.54, 1.807) is 0 Å². The van der Waals surface area contributed by atoms with Crippen molar-refractivity contribution in [3.05, 3.63) is 17.3 Å². The first kappa shape index (κ1) is 12.1. The minimum atomic E-state index is -0.295. The van der Waals surface area contributed by atoms with Crippen LogP contribution < -0.4 is 10.6 Å². The van der Waals surface area contributed by atoms with Gasteiger partial charge in [0.2, 0.25) is 11.8 Å². The molecule has 0 bridgehead atoms. The molecule has 1 aromatic rings. The normalized spacial score (nSPS) is 23.9. The van der Waals surface area contributed by atoms with Crippen molar-refractivity contribution in [2.75, 3.05) is 13.1 Å². The van der Waals surface area contributed by atoms with Gasteiger partial charge in [-0.15, -0.1) is 0 Å². The van der Waals surface area contributed by atoms with Crippen LogP contribution in [0.25, 0.3) is 0 Å². The van der Waals surface area contributed by atoms with Crippen LogP contribution in [0, 0.1) is 19.3 Å². The minimum absolute atomic E-state index is 0.0657. The minimum Gasteiger partial charge on any atom is -0.444 e. The highest BCUT2D eigenvalue weighted by Gasteiger charge is 2.36. The number of amides is 1. The molecule has 1 amide bonds. The molecule has 1 aliphatic rings. The van der Waals surface area contributed by atoms with Gasteiger partial charge in [0, 0.05) is 6.54 Å². The molecule has 1 saturated heterocycles. The highest BCUT2D eigenvalue weighted by molar-refractivity contribution is 5.82. The summed E-state index contributed by atoms with van der Waals surface area (Å²) in [5.41, 5.74) is 0.583. The first-order valence-electron chi connectivity index (χ1n) is 5.93. The highest BCUT2D eigenvalue weighted by atomic mass is 16.4. The molecule has 0 radical (unpaired) electrons. The average Bonchev–Trinajstić information content (AvgIpc) is 2.85. The Balaban J connectivity index is 1.92. The molecule has 17 heavy (non-hydrogen) atoms. The van der Waals surface area contributed by atoms with Crippen molar-refractivity contribution in [2.24, 2.45) is 5.41 Å². The second-order valence-electron chi connectivity index (χ2n) is 4.92. The van der Waals surface area contributed by atoms with Crippen LogP contribution >= 0.6 is 0 Å². The maximum absolute atomic E-state index is 12.0. The fourth-order valence-corrected chi connectivity index (χ4v) is 1.99. The quantitative estimate of drug-likeness (QED) is 0.820. The van der Waals surface area contributed by atoms with E-state index in [1.165, 1.54) is 0 Å². The van der Waals surface area contributed by atoms with Crippen LogP contribution in [0.3, 0.4) is 0 Å². The van der Waals surface area contributed by atoms with Crippen LogP contribution in [-0.4, -0.2) is 24.0 Å². The number of carbonyl (C=O) groups excluding carboxylic acids is 1. The summed E-state index contributed by atoms with van der Waals surface area (Å²) < 4.78 is 5.42. The lowest BCUT2D eigenvalue weighted by molar-refractivity contribution is -0.129. The molecule has 5 heteroatoms. The van der Waals surface area contributed by atoms with Gasteiger partial charge in [0.15, 0.2) is 0 Å². The molecule has 2 N–H and O–H groups in total. The van der Waals surface area contributed by atoms with Gasteiger partial charge in [0.25, 0.3) is 0 Å². The molecule has 1 aromatic heterocycles. The van der Waals surface area contributed by atoms with E-state index in [2.05, 4.69) is 15.6 Å². The number of rotatable bonds is 3. The van der Waals surface area contributed by atoms with Gasteiger partial charge in [-0.05, 0) is 33.7 Å². The summed E-state index contributed by atoms with van der Waals surface area (Å²) >= 11 is 0. The number of hydrogen-bond donors (Lipinski definition) is 2. The largest absolute Gasteiger partial charge is 0.444 e. The Morgan fingerprint density at radius 1 is 1.59 bits per heavy atom. The topological polar surface area (TPSA) is 67.2 Å². The van der Waals surface area contributed by atoms with Crippen molar-refractivity contribution in [2.45, 2.75) is 33.7 Å². The Kier molecular flexibility index (Phi) is 3.19. The van der Waals surface area contributed by atoms with Crippen molar-refractivity contribution in [1.82, 2.24) is 15.6 Å². The standard InChI is InChI=1S/C12H19N3O2/c1-8-9(2)17-10(15-8)6-14-11(16)12(3)4-5-13-7-12/h13H,4-7H2,1-3H3,(H,14,16). The molecule has 0 aliphatic carbocycles. The number of carbonyl (C=O) groups is 1. The van der Waals surface area contributed by atoms with Crippen molar-refractivity contribution in [3.8, 4) is 0 Å². The molecule has 0 spiro atoms. The van der Waals surface area contributed by atoms with Gasteiger partial charge >= 0.3 is 0 Å². The Morgan fingerprint density at radius 2 is 2.35 bits per heavy atom. The van der Waals surface area contributed by atoms with Crippen LogP contribution in [0.4, 0.5) is 0 Å². The summed E-state index contributed by atoms with van der Waals surface area (Å²) in [5.74, 6) is 1.45. The summed E-state index contributed by atoms with van der Waals surface area (Å²) in [5, 5.41) is 6.09. The van der Waals surface area contributed by atoms with Crippen molar-refractivity contribution in [1.29, 1.82) is 0 Å². The van der Waals surface area contributed by atoms with E-state index in [1.807, 2.05) is 20.8 Å².